The van der Waals surface area contributed by atoms with E-state index in [1.807, 2.05) is 66.7 Å². The number of imidazole rings is 1. The number of carbonyl (C=O) groups excluding carboxylic acids is 1. The average Bonchev–Trinajstić information content (AvgIpc) is 3.33. The zero-order valence-electron chi connectivity index (χ0n) is 18.8. The Kier molecular flexibility index (Phi) is 7.62. The standard InChI is InChI=1S/C26H24N4O3S/c1-32-21-14-13-18(15-22(21)33-2)16-27-30-23(31)17-34-26-28-24(19-9-5-3-6-10-19)25(29-26)20-11-7-4-8-12-20/h3-16H,17H2,1-2H3,(H,28,29)(H,30,31)/b27-16+. The first-order valence-electron chi connectivity index (χ1n) is 10.6. The summed E-state index contributed by atoms with van der Waals surface area (Å²) in [5, 5.41) is 4.70. The van der Waals surface area contributed by atoms with Crippen LogP contribution in [-0.4, -0.2) is 42.1 Å². The molecule has 0 radical (unpaired) electrons. The van der Waals surface area contributed by atoms with E-state index in [1.54, 1.807) is 32.6 Å². The number of amides is 1. The van der Waals surface area contributed by atoms with Crippen LogP contribution in [0.5, 0.6) is 11.5 Å². The number of benzene rings is 3. The molecule has 0 bridgehead atoms. The number of H-pyrrole nitrogens is 1. The number of carbonyl (C=O) groups is 1. The van der Waals surface area contributed by atoms with Crippen LogP contribution in [0, 0.1) is 0 Å². The number of hydrazone groups is 1. The van der Waals surface area contributed by atoms with E-state index in [0.29, 0.717) is 16.7 Å². The Morgan fingerprint density at radius 1 is 0.971 bits per heavy atom. The number of ether oxygens (including phenoxy) is 2. The Labute approximate surface area is 202 Å². The van der Waals surface area contributed by atoms with Gasteiger partial charge in [-0.2, -0.15) is 5.10 Å². The van der Waals surface area contributed by atoms with Crippen LogP contribution in [0.25, 0.3) is 22.5 Å². The van der Waals surface area contributed by atoms with E-state index >= 15 is 0 Å². The fraction of sp³-hybridized carbons (Fsp3) is 0.115. The van der Waals surface area contributed by atoms with Gasteiger partial charge in [0.25, 0.3) is 5.91 Å². The summed E-state index contributed by atoms with van der Waals surface area (Å²) in [6.45, 7) is 0. The molecule has 0 unspecified atom stereocenters. The molecule has 2 N–H and O–H groups in total. The molecule has 1 amide bonds. The van der Waals surface area contributed by atoms with Gasteiger partial charge in [-0.3, -0.25) is 4.79 Å². The molecule has 8 heteroatoms. The van der Waals surface area contributed by atoms with E-state index in [4.69, 9.17) is 14.5 Å². The van der Waals surface area contributed by atoms with Gasteiger partial charge in [0.1, 0.15) is 0 Å². The Bertz CT molecular complexity index is 1220. The van der Waals surface area contributed by atoms with Crippen molar-refractivity contribution in [1.82, 2.24) is 15.4 Å². The molecule has 172 valence electrons. The highest BCUT2D eigenvalue weighted by atomic mass is 32.2. The molecule has 0 aliphatic carbocycles. The Hall–Kier alpha value is -4.04. The number of nitrogens with one attached hydrogen (secondary N) is 2. The normalized spacial score (nSPS) is 10.9. The molecule has 0 spiro atoms. The van der Waals surface area contributed by atoms with E-state index in [1.165, 1.54) is 11.8 Å². The van der Waals surface area contributed by atoms with Crippen molar-refractivity contribution < 1.29 is 14.3 Å². The lowest BCUT2D eigenvalue weighted by molar-refractivity contribution is -0.118. The molecule has 0 aliphatic rings. The summed E-state index contributed by atoms with van der Waals surface area (Å²) >= 11 is 1.32. The summed E-state index contributed by atoms with van der Waals surface area (Å²) in [4.78, 5) is 20.5. The molecule has 0 saturated carbocycles. The average molecular weight is 473 g/mol. The van der Waals surface area contributed by atoms with Gasteiger partial charge < -0.3 is 14.5 Å². The van der Waals surface area contributed by atoms with Crippen LogP contribution in [0.3, 0.4) is 0 Å². The molecule has 0 atom stereocenters. The van der Waals surface area contributed by atoms with Crippen LogP contribution in [0.2, 0.25) is 0 Å². The minimum absolute atomic E-state index is 0.166. The molecule has 0 saturated heterocycles. The minimum atomic E-state index is -0.236. The summed E-state index contributed by atoms with van der Waals surface area (Å²) < 4.78 is 10.5. The highest BCUT2D eigenvalue weighted by Gasteiger charge is 2.15. The zero-order chi connectivity index (χ0) is 23.8. The van der Waals surface area contributed by atoms with Crippen molar-refractivity contribution in [3.05, 3.63) is 84.4 Å². The lowest BCUT2D eigenvalue weighted by Gasteiger charge is -2.07. The van der Waals surface area contributed by atoms with Crippen molar-refractivity contribution >= 4 is 23.9 Å². The van der Waals surface area contributed by atoms with Gasteiger partial charge in [-0.15, -0.1) is 0 Å². The van der Waals surface area contributed by atoms with Crippen LogP contribution < -0.4 is 14.9 Å². The van der Waals surface area contributed by atoms with E-state index in [-0.39, 0.29) is 11.7 Å². The van der Waals surface area contributed by atoms with Gasteiger partial charge in [-0.25, -0.2) is 10.4 Å². The summed E-state index contributed by atoms with van der Waals surface area (Å²) in [5.74, 6) is 1.15. The molecule has 0 fully saturated rings. The number of aromatic amines is 1. The van der Waals surface area contributed by atoms with Gasteiger partial charge in [0, 0.05) is 11.1 Å². The monoisotopic (exact) mass is 472 g/mol. The number of nitrogens with zero attached hydrogens (tertiary/aromatic N) is 2. The minimum Gasteiger partial charge on any atom is -0.493 e. The third-order valence-corrected chi connectivity index (χ3v) is 5.82. The fourth-order valence-corrected chi connectivity index (χ4v) is 3.98. The molecule has 4 rings (SSSR count). The fourth-order valence-electron chi connectivity index (χ4n) is 3.32. The van der Waals surface area contributed by atoms with E-state index in [9.17, 15) is 4.79 Å². The Balaban J connectivity index is 1.42. The molecule has 7 nitrogen and oxygen atoms in total. The molecule has 34 heavy (non-hydrogen) atoms. The smallest absolute Gasteiger partial charge is 0.250 e. The Morgan fingerprint density at radius 2 is 1.65 bits per heavy atom. The molecular weight excluding hydrogens is 448 g/mol. The van der Waals surface area contributed by atoms with Crippen molar-refractivity contribution in [1.29, 1.82) is 0 Å². The maximum absolute atomic E-state index is 12.3. The molecule has 3 aromatic carbocycles. The predicted molar refractivity (Wildman–Crippen MR) is 135 cm³/mol. The van der Waals surface area contributed by atoms with Gasteiger partial charge >= 0.3 is 0 Å². The van der Waals surface area contributed by atoms with Crippen molar-refractivity contribution in [3.63, 3.8) is 0 Å². The number of methoxy groups -OCH3 is 2. The van der Waals surface area contributed by atoms with Gasteiger partial charge in [0.05, 0.1) is 37.6 Å². The number of hydrogen-bond acceptors (Lipinski definition) is 6. The van der Waals surface area contributed by atoms with E-state index < -0.39 is 0 Å². The quantitative estimate of drug-likeness (QED) is 0.203. The Morgan fingerprint density at radius 3 is 2.32 bits per heavy atom. The topological polar surface area (TPSA) is 88.6 Å². The van der Waals surface area contributed by atoms with Crippen LogP contribution >= 0.6 is 11.8 Å². The van der Waals surface area contributed by atoms with Crippen LogP contribution in [0.1, 0.15) is 5.56 Å². The lowest BCUT2D eigenvalue weighted by atomic mass is 10.1. The maximum Gasteiger partial charge on any atom is 0.250 e. The summed E-state index contributed by atoms with van der Waals surface area (Å²) in [5.41, 5.74) is 7.13. The second-order valence-corrected chi connectivity index (χ2v) is 8.16. The van der Waals surface area contributed by atoms with Crippen LogP contribution in [-0.2, 0) is 4.79 Å². The number of hydrogen-bond donors (Lipinski definition) is 2. The first kappa shape index (κ1) is 23.1. The second kappa shape index (κ2) is 11.2. The molecule has 4 aromatic rings. The molecule has 0 aliphatic heterocycles. The van der Waals surface area contributed by atoms with Crippen LogP contribution in [0.15, 0.2) is 89.1 Å². The zero-order valence-corrected chi connectivity index (χ0v) is 19.6. The first-order valence-corrected chi connectivity index (χ1v) is 11.5. The van der Waals surface area contributed by atoms with Crippen LogP contribution in [0.4, 0.5) is 0 Å². The van der Waals surface area contributed by atoms with Crippen molar-refractivity contribution in [2.24, 2.45) is 5.10 Å². The van der Waals surface area contributed by atoms with E-state index in [0.717, 1.165) is 28.1 Å². The highest BCUT2D eigenvalue weighted by Crippen LogP contribution is 2.32. The van der Waals surface area contributed by atoms with Crippen molar-refractivity contribution in [2.75, 3.05) is 20.0 Å². The van der Waals surface area contributed by atoms with Crippen molar-refractivity contribution in [3.8, 4) is 34.0 Å². The summed E-state index contributed by atoms with van der Waals surface area (Å²) in [6.07, 6.45) is 1.55. The van der Waals surface area contributed by atoms with Gasteiger partial charge in [0.15, 0.2) is 16.7 Å². The predicted octanol–water partition coefficient (Wildman–Crippen LogP) is 5.00. The van der Waals surface area contributed by atoms with E-state index in [2.05, 4.69) is 15.5 Å². The molecule has 1 aromatic heterocycles. The molecule has 1 heterocycles. The summed E-state index contributed by atoms with van der Waals surface area (Å²) in [6, 6.07) is 25.4. The first-order chi connectivity index (χ1) is 16.7. The largest absolute Gasteiger partial charge is 0.493 e. The third kappa shape index (κ3) is 5.65. The second-order valence-electron chi connectivity index (χ2n) is 7.19. The molecular formula is C26H24N4O3S. The lowest BCUT2D eigenvalue weighted by Crippen LogP contribution is -2.19. The van der Waals surface area contributed by atoms with Crippen molar-refractivity contribution in [2.45, 2.75) is 5.16 Å². The third-order valence-electron chi connectivity index (χ3n) is 4.94. The summed E-state index contributed by atoms with van der Waals surface area (Å²) in [7, 11) is 3.15. The van der Waals surface area contributed by atoms with Gasteiger partial charge in [-0.1, -0.05) is 72.4 Å². The maximum atomic E-state index is 12.3. The number of aromatic nitrogens is 2. The highest BCUT2D eigenvalue weighted by molar-refractivity contribution is 7.99. The van der Waals surface area contributed by atoms with Gasteiger partial charge in [-0.05, 0) is 23.8 Å². The SMILES string of the molecule is COc1ccc(/C=N/NC(=O)CSc2nc(-c3ccccc3)c(-c3ccccc3)[nH]2)cc1OC. The number of rotatable bonds is 9. The van der Waals surface area contributed by atoms with Gasteiger partial charge in [0.2, 0.25) is 0 Å². The number of thioether (sulfide) groups is 1.